The Bertz CT molecular complexity index is 676. The number of hydrogen-bond acceptors (Lipinski definition) is 1. The van der Waals surface area contributed by atoms with Gasteiger partial charge in [-0.15, -0.1) is 0 Å². The molecule has 0 atom stereocenters. The number of nitrogens with one attached hydrogen (secondary N) is 1. The molecule has 1 N–H and O–H groups in total. The van der Waals surface area contributed by atoms with E-state index >= 15 is 0 Å². The predicted octanol–water partition coefficient (Wildman–Crippen LogP) is 3.73. The van der Waals surface area contributed by atoms with Crippen LogP contribution in [0.15, 0.2) is 40.9 Å². The summed E-state index contributed by atoms with van der Waals surface area (Å²) in [5, 5.41) is 2.53. The van der Waals surface area contributed by atoms with E-state index in [1.54, 1.807) is 12.1 Å². The third-order valence-corrected chi connectivity index (χ3v) is 3.33. The third-order valence-electron chi connectivity index (χ3n) is 2.83. The molecule has 0 saturated carbocycles. The smallest absolute Gasteiger partial charge is 0.224 e. The SMILES string of the molecule is O=C(Cc1ccc(F)c(F)c1)NCc1cc(Br)ccc1F. The fourth-order valence-electron chi connectivity index (χ4n) is 1.77. The summed E-state index contributed by atoms with van der Waals surface area (Å²) in [5.74, 6) is -2.79. The summed E-state index contributed by atoms with van der Waals surface area (Å²) in [5.41, 5.74) is 0.684. The van der Waals surface area contributed by atoms with E-state index in [0.29, 0.717) is 15.6 Å². The Hall–Kier alpha value is -1.82. The van der Waals surface area contributed by atoms with E-state index in [4.69, 9.17) is 0 Å². The maximum Gasteiger partial charge on any atom is 0.224 e. The van der Waals surface area contributed by atoms with E-state index in [9.17, 15) is 18.0 Å². The van der Waals surface area contributed by atoms with Gasteiger partial charge in [-0.25, -0.2) is 13.2 Å². The Kier molecular flexibility index (Phi) is 5.01. The molecule has 110 valence electrons. The molecule has 0 aliphatic heterocycles. The van der Waals surface area contributed by atoms with Gasteiger partial charge in [-0.2, -0.15) is 0 Å². The van der Waals surface area contributed by atoms with Gasteiger partial charge in [0.05, 0.1) is 6.42 Å². The molecule has 21 heavy (non-hydrogen) atoms. The third kappa shape index (κ3) is 4.32. The van der Waals surface area contributed by atoms with Crippen molar-refractivity contribution in [1.29, 1.82) is 0 Å². The van der Waals surface area contributed by atoms with E-state index in [-0.39, 0.29) is 13.0 Å². The van der Waals surface area contributed by atoms with Crippen LogP contribution in [-0.2, 0) is 17.8 Å². The van der Waals surface area contributed by atoms with Crippen LogP contribution in [0.25, 0.3) is 0 Å². The molecule has 0 unspecified atom stereocenters. The molecule has 0 aliphatic rings. The van der Waals surface area contributed by atoms with Crippen molar-refractivity contribution >= 4 is 21.8 Å². The van der Waals surface area contributed by atoms with Gasteiger partial charge in [-0.1, -0.05) is 22.0 Å². The molecule has 2 aromatic rings. The molecule has 0 fully saturated rings. The number of amides is 1. The van der Waals surface area contributed by atoms with Crippen LogP contribution in [-0.4, -0.2) is 5.91 Å². The highest BCUT2D eigenvalue weighted by molar-refractivity contribution is 9.10. The number of carbonyl (C=O) groups excluding carboxylic acids is 1. The van der Waals surface area contributed by atoms with Gasteiger partial charge in [0.15, 0.2) is 11.6 Å². The molecule has 1 amide bonds. The van der Waals surface area contributed by atoms with Crippen LogP contribution in [0.5, 0.6) is 0 Å². The van der Waals surface area contributed by atoms with Crippen LogP contribution in [0, 0.1) is 17.5 Å². The van der Waals surface area contributed by atoms with Gasteiger partial charge in [-0.05, 0) is 35.9 Å². The molecular formula is C15H11BrF3NO. The molecule has 2 aromatic carbocycles. The van der Waals surface area contributed by atoms with Gasteiger partial charge in [0.1, 0.15) is 5.82 Å². The topological polar surface area (TPSA) is 29.1 Å². The zero-order valence-corrected chi connectivity index (χ0v) is 12.4. The highest BCUT2D eigenvalue weighted by atomic mass is 79.9. The maximum absolute atomic E-state index is 13.5. The molecule has 0 spiro atoms. The lowest BCUT2D eigenvalue weighted by Crippen LogP contribution is -2.25. The van der Waals surface area contributed by atoms with Crippen LogP contribution < -0.4 is 5.32 Å². The summed E-state index contributed by atoms with van der Waals surface area (Å²) in [6.45, 7) is 0.0216. The quantitative estimate of drug-likeness (QED) is 0.887. The minimum Gasteiger partial charge on any atom is -0.352 e. The van der Waals surface area contributed by atoms with Crippen molar-refractivity contribution in [2.45, 2.75) is 13.0 Å². The average Bonchev–Trinajstić information content (AvgIpc) is 2.44. The van der Waals surface area contributed by atoms with Crippen molar-refractivity contribution in [3.63, 3.8) is 0 Å². The first-order valence-corrected chi connectivity index (χ1v) is 6.89. The van der Waals surface area contributed by atoms with Gasteiger partial charge in [0.25, 0.3) is 0 Å². The first-order valence-electron chi connectivity index (χ1n) is 6.10. The fraction of sp³-hybridized carbons (Fsp3) is 0.133. The zero-order chi connectivity index (χ0) is 15.4. The number of carbonyl (C=O) groups is 1. The van der Waals surface area contributed by atoms with Gasteiger partial charge < -0.3 is 5.32 Å². The Morgan fingerprint density at radius 1 is 1.00 bits per heavy atom. The van der Waals surface area contributed by atoms with Gasteiger partial charge >= 0.3 is 0 Å². The molecule has 2 nitrogen and oxygen atoms in total. The van der Waals surface area contributed by atoms with Gasteiger partial charge in [0, 0.05) is 16.6 Å². The molecule has 0 bridgehead atoms. The second-order valence-electron chi connectivity index (χ2n) is 4.44. The fourth-order valence-corrected chi connectivity index (χ4v) is 2.18. The first-order chi connectivity index (χ1) is 9.95. The first kappa shape index (κ1) is 15.6. The molecular weight excluding hydrogens is 347 g/mol. The van der Waals surface area contributed by atoms with Crippen LogP contribution in [0.4, 0.5) is 13.2 Å². The number of rotatable bonds is 4. The number of benzene rings is 2. The van der Waals surface area contributed by atoms with Crippen LogP contribution in [0.2, 0.25) is 0 Å². The molecule has 0 heterocycles. The summed E-state index contributed by atoms with van der Waals surface area (Å²) in [4.78, 5) is 11.7. The molecule has 6 heteroatoms. The lowest BCUT2D eigenvalue weighted by Gasteiger charge is -2.07. The van der Waals surface area contributed by atoms with Crippen molar-refractivity contribution in [1.82, 2.24) is 5.32 Å². The van der Waals surface area contributed by atoms with E-state index in [2.05, 4.69) is 21.2 Å². The Morgan fingerprint density at radius 3 is 2.43 bits per heavy atom. The van der Waals surface area contributed by atoms with Crippen LogP contribution >= 0.6 is 15.9 Å². The minimum absolute atomic E-state index is 0.0216. The maximum atomic E-state index is 13.5. The number of halogens is 4. The van der Waals surface area contributed by atoms with E-state index < -0.39 is 23.4 Å². The Morgan fingerprint density at radius 2 is 1.71 bits per heavy atom. The minimum atomic E-state index is -1.00. The average molecular weight is 358 g/mol. The molecule has 0 aliphatic carbocycles. The Balaban J connectivity index is 1.95. The largest absolute Gasteiger partial charge is 0.352 e. The normalized spacial score (nSPS) is 10.5. The predicted molar refractivity (Wildman–Crippen MR) is 76.0 cm³/mol. The van der Waals surface area contributed by atoms with E-state index in [1.165, 1.54) is 12.1 Å². The summed E-state index contributed by atoms with van der Waals surface area (Å²) in [6, 6.07) is 7.67. The molecule has 2 rings (SSSR count). The second kappa shape index (κ2) is 6.76. The van der Waals surface area contributed by atoms with Crippen molar-refractivity contribution < 1.29 is 18.0 Å². The van der Waals surface area contributed by atoms with Crippen LogP contribution in [0.1, 0.15) is 11.1 Å². The zero-order valence-electron chi connectivity index (χ0n) is 10.8. The summed E-state index contributed by atoms with van der Waals surface area (Å²) in [7, 11) is 0. The van der Waals surface area contributed by atoms with Crippen molar-refractivity contribution in [2.75, 3.05) is 0 Å². The van der Waals surface area contributed by atoms with Gasteiger partial charge in [-0.3, -0.25) is 4.79 Å². The van der Waals surface area contributed by atoms with Crippen molar-refractivity contribution in [3.05, 3.63) is 69.4 Å². The molecule has 0 radical (unpaired) electrons. The van der Waals surface area contributed by atoms with Crippen molar-refractivity contribution in [2.24, 2.45) is 0 Å². The highest BCUT2D eigenvalue weighted by Gasteiger charge is 2.09. The number of hydrogen-bond donors (Lipinski definition) is 1. The van der Waals surface area contributed by atoms with Gasteiger partial charge in [0.2, 0.25) is 5.91 Å². The van der Waals surface area contributed by atoms with Crippen LogP contribution in [0.3, 0.4) is 0 Å². The van der Waals surface area contributed by atoms with E-state index in [1.807, 2.05) is 0 Å². The summed E-state index contributed by atoms with van der Waals surface area (Å²) >= 11 is 3.22. The van der Waals surface area contributed by atoms with Crippen molar-refractivity contribution in [3.8, 4) is 0 Å². The van der Waals surface area contributed by atoms with E-state index in [0.717, 1.165) is 12.1 Å². The highest BCUT2D eigenvalue weighted by Crippen LogP contribution is 2.15. The lowest BCUT2D eigenvalue weighted by atomic mass is 10.1. The molecule has 0 saturated heterocycles. The summed E-state index contributed by atoms with van der Waals surface area (Å²) in [6.07, 6.45) is -0.104. The lowest BCUT2D eigenvalue weighted by molar-refractivity contribution is -0.120. The standard InChI is InChI=1S/C15H11BrF3NO/c16-11-2-4-12(17)10(7-11)8-20-15(21)6-9-1-3-13(18)14(19)5-9/h1-5,7H,6,8H2,(H,20,21). The Labute approximate surface area is 128 Å². The monoisotopic (exact) mass is 357 g/mol. The second-order valence-corrected chi connectivity index (χ2v) is 5.35. The summed E-state index contributed by atoms with van der Waals surface area (Å²) < 4.78 is 40.0. The molecule has 0 aromatic heterocycles.